The average molecular weight is 361 g/mol. The van der Waals surface area contributed by atoms with Crippen molar-refractivity contribution in [3.63, 3.8) is 0 Å². The number of hydrogen-bond acceptors (Lipinski definition) is 7. The van der Waals surface area contributed by atoms with E-state index < -0.39 is 0 Å². The molecule has 0 unspecified atom stereocenters. The molecule has 3 aromatic heterocycles. The van der Waals surface area contributed by atoms with Gasteiger partial charge in [0.1, 0.15) is 12.7 Å². The lowest BCUT2D eigenvalue weighted by molar-refractivity contribution is 0.486. The van der Waals surface area contributed by atoms with E-state index in [-0.39, 0.29) is 0 Å². The van der Waals surface area contributed by atoms with Crippen LogP contribution in [0.2, 0.25) is 0 Å². The molecule has 1 aromatic carbocycles. The van der Waals surface area contributed by atoms with Crippen LogP contribution in [-0.4, -0.2) is 41.2 Å². The molecule has 0 aliphatic rings. The Balaban J connectivity index is 1.64. The van der Waals surface area contributed by atoms with Crippen LogP contribution in [0, 0.1) is 0 Å². The van der Waals surface area contributed by atoms with Gasteiger partial charge < -0.3 is 10.3 Å². The number of imidazole rings is 1. The highest BCUT2D eigenvalue weighted by atomic mass is 15.4. The number of hydrazine groups is 1. The minimum atomic E-state index is 0.672. The lowest BCUT2D eigenvalue weighted by Gasteiger charge is -2.10. The SMILES string of the molecule is C/C(=C\N(C)N)c1cnc2c(Nc3ccc(-n4cncn4)cc3)nccn12. The van der Waals surface area contributed by atoms with Crippen LogP contribution < -0.4 is 11.2 Å². The molecule has 0 aliphatic carbocycles. The first-order valence-electron chi connectivity index (χ1n) is 8.32. The van der Waals surface area contributed by atoms with Gasteiger partial charge in [-0.15, -0.1) is 0 Å². The second kappa shape index (κ2) is 6.89. The van der Waals surface area contributed by atoms with E-state index in [1.165, 1.54) is 11.3 Å². The van der Waals surface area contributed by atoms with E-state index in [0.717, 1.165) is 28.3 Å². The molecule has 0 spiro atoms. The summed E-state index contributed by atoms with van der Waals surface area (Å²) < 4.78 is 3.68. The molecular weight excluding hydrogens is 342 g/mol. The second-order valence-corrected chi connectivity index (χ2v) is 6.10. The third-order valence-corrected chi connectivity index (χ3v) is 4.04. The average Bonchev–Trinajstić information content (AvgIpc) is 3.32. The molecule has 0 radical (unpaired) electrons. The van der Waals surface area contributed by atoms with E-state index in [2.05, 4.69) is 25.4 Å². The van der Waals surface area contributed by atoms with E-state index in [1.54, 1.807) is 24.3 Å². The van der Waals surface area contributed by atoms with Gasteiger partial charge in [-0.1, -0.05) is 0 Å². The summed E-state index contributed by atoms with van der Waals surface area (Å²) in [5, 5.41) is 8.96. The van der Waals surface area contributed by atoms with Crippen molar-refractivity contribution in [1.82, 2.24) is 34.1 Å². The van der Waals surface area contributed by atoms with Gasteiger partial charge in [-0.3, -0.25) is 4.40 Å². The van der Waals surface area contributed by atoms with Crippen molar-refractivity contribution in [2.75, 3.05) is 12.4 Å². The van der Waals surface area contributed by atoms with Crippen LogP contribution in [0.15, 0.2) is 61.7 Å². The fourth-order valence-electron chi connectivity index (χ4n) is 2.85. The molecule has 0 aliphatic heterocycles. The van der Waals surface area contributed by atoms with E-state index in [1.807, 2.05) is 54.2 Å². The van der Waals surface area contributed by atoms with Gasteiger partial charge >= 0.3 is 0 Å². The molecule has 4 rings (SSSR count). The Morgan fingerprint density at radius 1 is 1.22 bits per heavy atom. The van der Waals surface area contributed by atoms with Crippen LogP contribution >= 0.6 is 0 Å². The van der Waals surface area contributed by atoms with Crippen LogP contribution in [0.1, 0.15) is 12.6 Å². The van der Waals surface area contributed by atoms with Gasteiger partial charge in [-0.25, -0.2) is 25.5 Å². The lowest BCUT2D eigenvalue weighted by atomic mass is 10.2. The number of aromatic nitrogens is 6. The Morgan fingerprint density at radius 2 is 2.04 bits per heavy atom. The first-order valence-corrected chi connectivity index (χ1v) is 8.32. The van der Waals surface area contributed by atoms with Gasteiger partial charge in [0.15, 0.2) is 11.5 Å². The fourth-order valence-corrected chi connectivity index (χ4v) is 2.85. The number of nitrogens with two attached hydrogens (primary N) is 1. The molecule has 0 atom stereocenters. The number of hydrogen-bond donors (Lipinski definition) is 2. The van der Waals surface area contributed by atoms with Crippen molar-refractivity contribution in [2.45, 2.75) is 6.92 Å². The molecule has 136 valence electrons. The van der Waals surface area contributed by atoms with Gasteiger partial charge in [0.05, 0.1) is 17.6 Å². The molecule has 3 N–H and O–H groups in total. The van der Waals surface area contributed by atoms with Gasteiger partial charge in [0, 0.05) is 31.3 Å². The van der Waals surface area contributed by atoms with Crippen LogP contribution in [0.25, 0.3) is 16.9 Å². The Kier molecular flexibility index (Phi) is 4.27. The smallest absolute Gasteiger partial charge is 0.180 e. The third-order valence-electron chi connectivity index (χ3n) is 4.04. The van der Waals surface area contributed by atoms with Crippen LogP contribution in [-0.2, 0) is 0 Å². The van der Waals surface area contributed by atoms with E-state index in [9.17, 15) is 0 Å². The van der Waals surface area contributed by atoms with Crippen molar-refractivity contribution in [2.24, 2.45) is 5.84 Å². The molecule has 4 aromatic rings. The monoisotopic (exact) mass is 361 g/mol. The highest BCUT2D eigenvalue weighted by molar-refractivity contribution is 5.73. The highest BCUT2D eigenvalue weighted by Gasteiger charge is 2.10. The summed E-state index contributed by atoms with van der Waals surface area (Å²) in [5.74, 6) is 6.39. The molecule has 0 fully saturated rings. The quantitative estimate of drug-likeness (QED) is 0.415. The summed E-state index contributed by atoms with van der Waals surface area (Å²) in [6.45, 7) is 1.99. The van der Waals surface area contributed by atoms with Crippen molar-refractivity contribution in [1.29, 1.82) is 0 Å². The van der Waals surface area contributed by atoms with Crippen LogP contribution in [0.3, 0.4) is 0 Å². The topological polar surface area (TPSA) is 102 Å². The summed E-state index contributed by atoms with van der Waals surface area (Å²) >= 11 is 0. The Labute approximate surface area is 155 Å². The largest absolute Gasteiger partial charge is 0.337 e. The van der Waals surface area contributed by atoms with Crippen molar-refractivity contribution in [3.8, 4) is 5.69 Å². The molecule has 3 heterocycles. The van der Waals surface area contributed by atoms with Crippen LogP contribution in [0.5, 0.6) is 0 Å². The van der Waals surface area contributed by atoms with E-state index in [0.29, 0.717) is 5.82 Å². The van der Waals surface area contributed by atoms with Gasteiger partial charge in [0.25, 0.3) is 0 Å². The maximum atomic E-state index is 5.72. The summed E-state index contributed by atoms with van der Waals surface area (Å²) in [6, 6.07) is 7.83. The fraction of sp³-hybridized carbons (Fsp3) is 0.111. The molecular formula is C18H19N9. The maximum Gasteiger partial charge on any atom is 0.180 e. The molecule has 9 nitrogen and oxygen atoms in total. The first-order chi connectivity index (χ1) is 13.1. The van der Waals surface area contributed by atoms with Crippen LogP contribution in [0.4, 0.5) is 11.5 Å². The number of rotatable bonds is 5. The Bertz CT molecular complexity index is 1080. The van der Waals surface area contributed by atoms with Gasteiger partial charge in [0.2, 0.25) is 0 Å². The number of nitrogens with one attached hydrogen (secondary N) is 1. The standard InChI is InChI=1S/C18H19N9/c1-13(10-25(2)19)16-9-22-18-17(21-7-8-26(16)18)24-14-3-5-15(6-4-14)27-12-20-11-23-27/h3-12H,19H2,1-2H3,(H,21,24)/b13-10+. The molecule has 0 amide bonds. The number of anilines is 2. The minimum Gasteiger partial charge on any atom is -0.337 e. The summed E-state index contributed by atoms with van der Waals surface area (Å²) in [5.41, 5.74) is 4.52. The first kappa shape index (κ1) is 16.7. The zero-order valence-electron chi connectivity index (χ0n) is 15.0. The van der Waals surface area contributed by atoms with Gasteiger partial charge in [-0.05, 0) is 36.8 Å². The second-order valence-electron chi connectivity index (χ2n) is 6.10. The van der Waals surface area contributed by atoms with Crippen molar-refractivity contribution in [3.05, 3.63) is 67.4 Å². The lowest BCUT2D eigenvalue weighted by Crippen LogP contribution is -2.19. The highest BCUT2D eigenvalue weighted by Crippen LogP contribution is 2.23. The normalized spacial score (nSPS) is 11.7. The maximum absolute atomic E-state index is 5.72. The molecule has 0 bridgehead atoms. The van der Waals surface area contributed by atoms with E-state index >= 15 is 0 Å². The number of benzene rings is 1. The Morgan fingerprint density at radius 3 is 2.74 bits per heavy atom. The predicted molar refractivity (Wildman–Crippen MR) is 103 cm³/mol. The summed E-state index contributed by atoms with van der Waals surface area (Å²) in [4.78, 5) is 12.9. The zero-order chi connectivity index (χ0) is 18.8. The molecule has 0 saturated carbocycles. The minimum absolute atomic E-state index is 0.672. The van der Waals surface area contributed by atoms with Crippen molar-refractivity contribution >= 4 is 22.7 Å². The number of fused-ring (bicyclic) bond motifs is 1. The number of allylic oxidation sites excluding steroid dienone is 1. The molecule has 27 heavy (non-hydrogen) atoms. The number of nitrogens with zero attached hydrogens (tertiary/aromatic N) is 7. The van der Waals surface area contributed by atoms with E-state index in [4.69, 9.17) is 5.84 Å². The summed E-state index contributed by atoms with van der Waals surface area (Å²) in [7, 11) is 1.78. The van der Waals surface area contributed by atoms with Crippen molar-refractivity contribution < 1.29 is 0 Å². The predicted octanol–water partition coefficient (Wildman–Crippen LogP) is 2.22. The van der Waals surface area contributed by atoms with Gasteiger partial charge in [-0.2, -0.15) is 5.10 Å². The summed E-state index contributed by atoms with van der Waals surface area (Å²) in [6.07, 6.45) is 10.4. The molecule has 0 saturated heterocycles. The Hall–Kier alpha value is -3.72. The third kappa shape index (κ3) is 3.35. The molecule has 9 heteroatoms. The zero-order valence-corrected chi connectivity index (χ0v) is 15.0.